The molecule has 9 heteroatoms. The molecule has 2 aromatic heterocycles. The normalized spacial score (nSPS) is 10.2. The molecule has 0 unspecified atom stereocenters. The maximum atomic E-state index is 11.9. The minimum atomic E-state index is -0.539. The van der Waals surface area contributed by atoms with E-state index in [-0.39, 0.29) is 12.6 Å². The highest BCUT2D eigenvalue weighted by Crippen LogP contribution is 2.32. The molecular formula is C21H20N6O3. The number of ether oxygens (including phenoxy) is 1. The molecule has 0 spiro atoms. The molecule has 0 fully saturated rings. The van der Waals surface area contributed by atoms with E-state index in [4.69, 9.17) is 0 Å². The Kier molecular flexibility index (Phi) is 6.39. The second kappa shape index (κ2) is 9.34. The highest BCUT2D eigenvalue weighted by Gasteiger charge is 2.12. The van der Waals surface area contributed by atoms with Crippen LogP contribution in [0.4, 0.5) is 15.4 Å². The largest absolute Gasteiger partial charge is 0.453 e. The summed E-state index contributed by atoms with van der Waals surface area (Å²) in [4.78, 5) is 31.7. The van der Waals surface area contributed by atoms with Gasteiger partial charge in [-0.05, 0) is 47.2 Å². The van der Waals surface area contributed by atoms with E-state index in [1.54, 1.807) is 30.6 Å². The van der Waals surface area contributed by atoms with Gasteiger partial charge in [0.1, 0.15) is 17.6 Å². The van der Waals surface area contributed by atoms with Crippen LogP contribution in [0, 0.1) is 11.3 Å². The molecule has 9 nitrogen and oxygen atoms in total. The molecule has 3 aromatic rings. The van der Waals surface area contributed by atoms with Gasteiger partial charge in [-0.1, -0.05) is 12.1 Å². The minimum absolute atomic E-state index is 0.244. The second-order valence-electron chi connectivity index (χ2n) is 6.26. The van der Waals surface area contributed by atoms with Gasteiger partial charge in [0.05, 0.1) is 7.11 Å². The maximum Gasteiger partial charge on any atom is 0.407 e. The van der Waals surface area contributed by atoms with E-state index in [2.05, 4.69) is 30.7 Å². The van der Waals surface area contributed by atoms with Crippen LogP contribution in [0.3, 0.4) is 0 Å². The van der Waals surface area contributed by atoms with E-state index in [0.29, 0.717) is 18.1 Å². The highest BCUT2D eigenvalue weighted by atomic mass is 16.5. The van der Waals surface area contributed by atoms with Gasteiger partial charge < -0.3 is 15.4 Å². The number of hydrogen-bond donors (Lipinski definition) is 3. The number of hydrogen-bond acceptors (Lipinski definition) is 6. The predicted molar refractivity (Wildman–Crippen MR) is 112 cm³/mol. The van der Waals surface area contributed by atoms with Gasteiger partial charge in [0.15, 0.2) is 0 Å². The van der Waals surface area contributed by atoms with Gasteiger partial charge in [-0.3, -0.25) is 5.32 Å². The van der Waals surface area contributed by atoms with Crippen LogP contribution in [0.25, 0.3) is 21.9 Å². The quantitative estimate of drug-likeness (QED) is 0.599. The number of benzene rings is 1. The number of alkyl carbamates (subject to hydrolysis) is 1. The molecule has 2 heterocycles. The van der Waals surface area contributed by atoms with Crippen molar-refractivity contribution in [2.24, 2.45) is 0 Å². The average molecular weight is 404 g/mol. The van der Waals surface area contributed by atoms with Crippen LogP contribution in [-0.4, -0.2) is 35.7 Å². The van der Waals surface area contributed by atoms with Crippen molar-refractivity contribution in [1.82, 2.24) is 20.6 Å². The molecule has 0 radical (unpaired) electrons. The predicted octanol–water partition coefficient (Wildman–Crippen LogP) is 3.17. The van der Waals surface area contributed by atoms with Crippen molar-refractivity contribution in [3.8, 4) is 17.2 Å². The first-order valence-corrected chi connectivity index (χ1v) is 9.20. The Balaban J connectivity index is 2.10. The number of nitrogens with one attached hydrogen (secondary N) is 3. The maximum absolute atomic E-state index is 11.9. The number of pyridine rings is 2. The summed E-state index contributed by atoms with van der Waals surface area (Å²) in [6.07, 6.45) is 2.67. The lowest BCUT2D eigenvalue weighted by Crippen LogP contribution is -2.28. The molecule has 0 atom stereocenters. The summed E-state index contributed by atoms with van der Waals surface area (Å²) in [5, 5.41) is 18.8. The summed E-state index contributed by atoms with van der Waals surface area (Å²) in [6.45, 7) is 2.55. The van der Waals surface area contributed by atoms with E-state index in [1.165, 1.54) is 7.11 Å². The molecule has 1 aromatic carbocycles. The number of carbonyl (C=O) groups excluding carboxylic acids is 2. The van der Waals surface area contributed by atoms with Gasteiger partial charge in [0.2, 0.25) is 0 Å². The first-order chi connectivity index (χ1) is 14.5. The molecule has 0 aliphatic rings. The van der Waals surface area contributed by atoms with E-state index >= 15 is 0 Å². The summed E-state index contributed by atoms with van der Waals surface area (Å²) in [7, 11) is 1.30. The molecule has 0 aliphatic heterocycles. The minimum Gasteiger partial charge on any atom is -0.453 e. The van der Waals surface area contributed by atoms with Crippen LogP contribution in [-0.2, 0) is 11.3 Å². The topological polar surface area (TPSA) is 129 Å². The molecule has 0 saturated heterocycles. The number of nitriles is 1. The van der Waals surface area contributed by atoms with Crippen molar-refractivity contribution in [1.29, 1.82) is 5.26 Å². The number of carbonyl (C=O) groups is 2. The molecule has 0 aliphatic carbocycles. The van der Waals surface area contributed by atoms with Gasteiger partial charge in [0, 0.05) is 30.9 Å². The molecule has 3 rings (SSSR count). The third kappa shape index (κ3) is 4.62. The fraction of sp³-hybridized carbons (Fsp3) is 0.190. The van der Waals surface area contributed by atoms with Gasteiger partial charge in [-0.15, -0.1) is 0 Å². The Morgan fingerprint density at radius 2 is 1.97 bits per heavy atom. The van der Waals surface area contributed by atoms with E-state index < -0.39 is 6.09 Å². The fourth-order valence-electron chi connectivity index (χ4n) is 2.99. The zero-order valence-corrected chi connectivity index (χ0v) is 16.5. The van der Waals surface area contributed by atoms with Crippen LogP contribution < -0.4 is 16.0 Å². The number of nitrogens with zero attached hydrogens (tertiary/aromatic N) is 3. The Bertz CT molecular complexity index is 1140. The molecule has 30 heavy (non-hydrogen) atoms. The zero-order valence-electron chi connectivity index (χ0n) is 16.5. The third-order valence-electron chi connectivity index (χ3n) is 4.36. The first-order valence-electron chi connectivity index (χ1n) is 9.20. The summed E-state index contributed by atoms with van der Waals surface area (Å²) in [6, 6.07) is 10.7. The van der Waals surface area contributed by atoms with E-state index in [1.807, 2.05) is 25.1 Å². The molecule has 0 bridgehead atoms. The van der Waals surface area contributed by atoms with Crippen molar-refractivity contribution in [2.75, 3.05) is 19.0 Å². The van der Waals surface area contributed by atoms with Gasteiger partial charge in [-0.2, -0.15) is 5.26 Å². The summed E-state index contributed by atoms with van der Waals surface area (Å²) in [5.41, 5.74) is 2.76. The molecule has 3 N–H and O–H groups in total. The SMILES string of the molecule is CCNC(=O)Nc1cc2c(-c3ccnc(C#N)c3)ccc(CNC(=O)OC)c2cn1. The molecule has 3 amide bonds. The number of fused-ring (bicyclic) bond motifs is 1. The number of rotatable bonds is 5. The van der Waals surface area contributed by atoms with Crippen molar-refractivity contribution >= 4 is 28.7 Å². The van der Waals surface area contributed by atoms with Crippen LogP contribution in [0.5, 0.6) is 0 Å². The monoisotopic (exact) mass is 404 g/mol. The van der Waals surface area contributed by atoms with Crippen LogP contribution >= 0.6 is 0 Å². The van der Waals surface area contributed by atoms with Crippen LogP contribution in [0.1, 0.15) is 18.2 Å². The van der Waals surface area contributed by atoms with Crippen LogP contribution in [0.15, 0.2) is 42.7 Å². The zero-order chi connectivity index (χ0) is 21.5. The Hall–Kier alpha value is -4.19. The van der Waals surface area contributed by atoms with Crippen molar-refractivity contribution < 1.29 is 14.3 Å². The second-order valence-corrected chi connectivity index (χ2v) is 6.26. The Morgan fingerprint density at radius 1 is 1.13 bits per heavy atom. The number of amides is 3. The average Bonchev–Trinajstić information content (AvgIpc) is 2.77. The lowest BCUT2D eigenvalue weighted by atomic mass is 9.96. The van der Waals surface area contributed by atoms with Gasteiger partial charge >= 0.3 is 12.1 Å². The third-order valence-corrected chi connectivity index (χ3v) is 4.36. The Morgan fingerprint density at radius 3 is 2.70 bits per heavy atom. The smallest absolute Gasteiger partial charge is 0.407 e. The highest BCUT2D eigenvalue weighted by molar-refractivity contribution is 6.01. The lowest BCUT2D eigenvalue weighted by Gasteiger charge is -2.14. The van der Waals surface area contributed by atoms with E-state index in [9.17, 15) is 14.9 Å². The number of methoxy groups -OCH3 is 1. The van der Waals surface area contributed by atoms with Crippen molar-refractivity contribution in [2.45, 2.75) is 13.5 Å². The molecule has 0 saturated carbocycles. The summed E-state index contributed by atoms with van der Waals surface area (Å²) >= 11 is 0. The summed E-state index contributed by atoms with van der Waals surface area (Å²) in [5.74, 6) is 0.377. The van der Waals surface area contributed by atoms with Gasteiger partial charge in [-0.25, -0.2) is 19.6 Å². The standard InChI is InChI=1S/C21H20N6O3/c1-3-23-20(28)27-19-9-17-16(13-6-7-24-15(8-13)10-22)5-4-14(18(17)12-25-19)11-26-21(29)30-2/h4-9,12H,3,11H2,1-2H3,(H,26,29)(H2,23,25,27,28). The fourth-order valence-corrected chi connectivity index (χ4v) is 2.99. The Labute approximate surface area is 173 Å². The molecular weight excluding hydrogens is 384 g/mol. The van der Waals surface area contributed by atoms with Gasteiger partial charge in [0.25, 0.3) is 0 Å². The lowest BCUT2D eigenvalue weighted by molar-refractivity contribution is 0.170. The van der Waals surface area contributed by atoms with E-state index in [0.717, 1.165) is 27.5 Å². The summed E-state index contributed by atoms with van der Waals surface area (Å²) < 4.78 is 4.63. The number of anilines is 1. The molecule has 152 valence electrons. The first kappa shape index (κ1) is 20.5. The van der Waals surface area contributed by atoms with Crippen molar-refractivity contribution in [3.05, 3.63) is 54.0 Å². The van der Waals surface area contributed by atoms with Crippen LogP contribution in [0.2, 0.25) is 0 Å². The van der Waals surface area contributed by atoms with Crippen molar-refractivity contribution in [3.63, 3.8) is 0 Å². The number of aromatic nitrogens is 2. The number of urea groups is 1.